The van der Waals surface area contributed by atoms with Crippen LogP contribution in [-0.2, 0) is 11.2 Å². The van der Waals surface area contributed by atoms with Crippen molar-refractivity contribution >= 4 is 24.2 Å². The molecule has 2 rings (SSSR count). The summed E-state index contributed by atoms with van der Waals surface area (Å²) in [5.41, 5.74) is 1.61. The van der Waals surface area contributed by atoms with Crippen LogP contribution in [0.25, 0.3) is 0 Å². The van der Waals surface area contributed by atoms with Crippen LogP contribution in [0.15, 0.2) is 54.6 Å². The number of carboxylic acids is 1. The molecule has 0 aliphatic rings. The molecule has 0 radical (unpaired) electrons. The average molecular weight is 285 g/mol. The zero-order valence-corrected chi connectivity index (χ0v) is 11.3. The predicted molar refractivity (Wildman–Crippen MR) is 81.5 cm³/mol. The minimum absolute atomic E-state index is 0.151. The fourth-order valence-corrected chi connectivity index (χ4v) is 2.13. The Balaban J connectivity index is 2.19. The van der Waals surface area contributed by atoms with E-state index in [2.05, 4.69) is 5.32 Å². The van der Waals surface area contributed by atoms with Crippen molar-refractivity contribution in [3.05, 3.63) is 60.2 Å². The first-order chi connectivity index (χ1) is 10.1. The van der Waals surface area contributed by atoms with Gasteiger partial charge in [-0.05, 0) is 23.2 Å². The molecule has 1 unspecified atom stereocenters. The molecular weight excluding hydrogens is 269 g/mol. The quantitative estimate of drug-likeness (QED) is 0.579. The molecule has 0 saturated heterocycles. The molecule has 0 saturated carbocycles. The van der Waals surface area contributed by atoms with E-state index in [0.717, 1.165) is 0 Å². The van der Waals surface area contributed by atoms with E-state index in [-0.39, 0.29) is 6.42 Å². The van der Waals surface area contributed by atoms with E-state index in [4.69, 9.17) is 0 Å². The molecule has 4 N–H and O–H groups in total. The molecule has 0 amide bonds. The van der Waals surface area contributed by atoms with E-state index in [1.54, 1.807) is 36.4 Å². The highest BCUT2D eigenvalue weighted by Gasteiger charge is 2.22. The van der Waals surface area contributed by atoms with Crippen LogP contribution in [0.3, 0.4) is 0 Å². The summed E-state index contributed by atoms with van der Waals surface area (Å²) in [4.78, 5) is 11.4. The Hall–Kier alpha value is -2.31. The SMILES string of the molecule is O=C(O)C(Cc1ccccc1B(O)O)Nc1ccccc1. The van der Waals surface area contributed by atoms with Gasteiger partial charge >= 0.3 is 13.1 Å². The van der Waals surface area contributed by atoms with Crippen molar-refractivity contribution < 1.29 is 19.9 Å². The molecule has 2 aromatic carbocycles. The highest BCUT2D eigenvalue weighted by molar-refractivity contribution is 6.59. The lowest BCUT2D eigenvalue weighted by Gasteiger charge is -2.17. The molecule has 1 atom stereocenters. The Bertz CT molecular complexity index is 604. The van der Waals surface area contributed by atoms with E-state index in [1.807, 2.05) is 18.2 Å². The fraction of sp³-hybridized carbons (Fsp3) is 0.133. The van der Waals surface area contributed by atoms with Gasteiger partial charge in [0.25, 0.3) is 0 Å². The molecule has 0 bridgehead atoms. The third-order valence-electron chi connectivity index (χ3n) is 3.17. The van der Waals surface area contributed by atoms with E-state index in [1.165, 1.54) is 0 Å². The van der Waals surface area contributed by atoms with Gasteiger partial charge in [-0.15, -0.1) is 0 Å². The molecule has 0 aromatic heterocycles. The van der Waals surface area contributed by atoms with Crippen LogP contribution >= 0.6 is 0 Å². The number of carboxylic acid groups (broad SMARTS) is 1. The maximum absolute atomic E-state index is 11.4. The second kappa shape index (κ2) is 6.92. The zero-order valence-electron chi connectivity index (χ0n) is 11.3. The fourth-order valence-electron chi connectivity index (χ4n) is 2.13. The van der Waals surface area contributed by atoms with Gasteiger partial charge in [-0.1, -0.05) is 42.5 Å². The van der Waals surface area contributed by atoms with Gasteiger partial charge in [-0.25, -0.2) is 4.79 Å². The van der Waals surface area contributed by atoms with Crippen LogP contribution in [0.1, 0.15) is 5.56 Å². The van der Waals surface area contributed by atoms with Crippen molar-refractivity contribution in [2.24, 2.45) is 0 Å². The standard InChI is InChI=1S/C15H16BNO4/c18-15(19)14(17-12-7-2-1-3-8-12)10-11-6-4-5-9-13(11)16(20)21/h1-9,14,17,20-21H,10H2,(H,18,19). The van der Waals surface area contributed by atoms with E-state index in [9.17, 15) is 19.9 Å². The minimum Gasteiger partial charge on any atom is -0.480 e. The highest BCUT2D eigenvalue weighted by atomic mass is 16.4. The number of anilines is 1. The number of benzene rings is 2. The number of hydrogen-bond acceptors (Lipinski definition) is 4. The Morgan fingerprint density at radius 3 is 2.29 bits per heavy atom. The van der Waals surface area contributed by atoms with Crippen molar-refractivity contribution in [2.45, 2.75) is 12.5 Å². The maximum atomic E-state index is 11.4. The van der Waals surface area contributed by atoms with Crippen molar-refractivity contribution in [3.8, 4) is 0 Å². The first-order valence-corrected chi connectivity index (χ1v) is 6.56. The van der Waals surface area contributed by atoms with E-state index >= 15 is 0 Å². The van der Waals surface area contributed by atoms with Crippen molar-refractivity contribution in [3.63, 3.8) is 0 Å². The minimum atomic E-state index is -1.62. The van der Waals surface area contributed by atoms with Gasteiger partial charge in [0.05, 0.1) is 0 Å². The Labute approximate surface area is 123 Å². The van der Waals surface area contributed by atoms with Gasteiger partial charge in [-0.3, -0.25) is 0 Å². The van der Waals surface area contributed by atoms with Gasteiger partial charge in [0.1, 0.15) is 6.04 Å². The molecule has 0 heterocycles. The van der Waals surface area contributed by atoms with Gasteiger partial charge < -0.3 is 20.5 Å². The zero-order chi connectivity index (χ0) is 15.2. The molecular formula is C15H16BNO4. The molecule has 6 heteroatoms. The Morgan fingerprint density at radius 1 is 1.05 bits per heavy atom. The number of para-hydroxylation sites is 1. The van der Waals surface area contributed by atoms with Gasteiger partial charge in [-0.2, -0.15) is 0 Å². The van der Waals surface area contributed by atoms with E-state index in [0.29, 0.717) is 16.7 Å². The third kappa shape index (κ3) is 4.08. The summed E-state index contributed by atoms with van der Waals surface area (Å²) in [6.07, 6.45) is 0.151. The first-order valence-electron chi connectivity index (χ1n) is 6.56. The summed E-state index contributed by atoms with van der Waals surface area (Å²) >= 11 is 0. The lowest BCUT2D eigenvalue weighted by molar-refractivity contribution is -0.137. The van der Waals surface area contributed by atoms with Crippen molar-refractivity contribution in [2.75, 3.05) is 5.32 Å². The Kier molecular flexibility index (Phi) is 4.97. The summed E-state index contributed by atoms with van der Waals surface area (Å²) in [6, 6.07) is 14.9. The van der Waals surface area contributed by atoms with Crippen molar-refractivity contribution in [1.82, 2.24) is 0 Å². The van der Waals surface area contributed by atoms with Crippen LogP contribution in [0, 0.1) is 0 Å². The first kappa shape index (κ1) is 15.1. The molecule has 108 valence electrons. The number of nitrogens with one attached hydrogen (secondary N) is 1. The molecule has 5 nitrogen and oxygen atoms in total. The predicted octanol–water partition coefficient (Wildman–Crippen LogP) is 0.474. The molecule has 0 spiro atoms. The maximum Gasteiger partial charge on any atom is 0.488 e. The second-order valence-electron chi connectivity index (χ2n) is 4.68. The smallest absolute Gasteiger partial charge is 0.480 e. The number of carbonyl (C=O) groups is 1. The monoisotopic (exact) mass is 285 g/mol. The summed E-state index contributed by atoms with van der Waals surface area (Å²) < 4.78 is 0. The van der Waals surface area contributed by atoms with Crippen LogP contribution in [-0.4, -0.2) is 34.3 Å². The summed E-state index contributed by atoms with van der Waals surface area (Å²) in [5, 5.41) is 30.9. The van der Waals surface area contributed by atoms with Crippen LogP contribution in [0.2, 0.25) is 0 Å². The summed E-state index contributed by atoms with van der Waals surface area (Å²) in [5.74, 6) is -0.999. The number of rotatable bonds is 6. The highest BCUT2D eigenvalue weighted by Crippen LogP contribution is 2.11. The average Bonchev–Trinajstić information content (AvgIpc) is 2.48. The lowest BCUT2D eigenvalue weighted by atomic mass is 9.76. The second-order valence-corrected chi connectivity index (χ2v) is 4.68. The summed E-state index contributed by atoms with van der Waals surface area (Å²) in [7, 11) is -1.62. The van der Waals surface area contributed by atoms with Gasteiger partial charge in [0.15, 0.2) is 0 Å². The third-order valence-corrected chi connectivity index (χ3v) is 3.17. The molecule has 0 fully saturated rings. The van der Waals surface area contributed by atoms with Gasteiger partial charge in [0, 0.05) is 12.1 Å². The number of hydrogen-bond donors (Lipinski definition) is 4. The van der Waals surface area contributed by atoms with E-state index < -0.39 is 19.1 Å². The Morgan fingerprint density at radius 2 is 1.67 bits per heavy atom. The molecule has 2 aromatic rings. The molecule has 0 aliphatic heterocycles. The number of aliphatic carboxylic acids is 1. The molecule has 0 aliphatic carbocycles. The van der Waals surface area contributed by atoms with Gasteiger partial charge in [0.2, 0.25) is 0 Å². The van der Waals surface area contributed by atoms with Crippen LogP contribution in [0.4, 0.5) is 5.69 Å². The normalized spacial score (nSPS) is 11.7. The van der Waals surface area contributed by atoms with Crippen LogP contribution < -0.4 is 10.8 Å². The molecule has 21 heavy (non-hydrogen) atoms. The summed E-state index contributed by atoms with van der Waals surface area (Å²) in [6.45, 7) is 0. The topological polar surface area (TPSA) is 89.8 Å². The lowest BCUT2D eigenvalue weighted by Crippen LogP contribution is -2.38. The van der Waals surface area contributed by atoms with Crippen molar-refractivity contribution in [1.29, 1.82) is 0 Å². The largest absolute Gasteiger partial charge is 0.488 e. The van der Waals surface area contributed by atoms with Crippen LogP contribution in [0.5, 0.6) is 0 Å².